The van der Waals surface area contributed by atoms with Gasteiger partial charge in [-0.15, -0.1) is 11.3 Å². The van der Waals surface area contributed by atoms with E-state index in [0.717, 1.165) is 20.8 Å². The number of allylic oxidation sites excluding steroid dienone is 1. The third kappa shape index (κ3) is 4.73. The van der Waals surface area contributed by atoms with Gasteiger partial charge in [-0.1, -0.05) is 24.3 Å². The van der Waals surface area contributed by atoms with Crippen molar-refractivity contribution in [2.24, 2.45) is 12.8 Å². The van der Waals surface area contributed by atoms with E-state index in [-0.39, 0.29) is 5.91 Å². The molecule has 0 spiro atoms. The van der Waals surface area contributed by atoms with Crippen molar-refractivity contribution in [1.29, 1.82) is 10.8 Å². The lowest BCUT2D eigenvalue weighted by Crippen LogP contribution is -2.26. The molecule has 2 aromatic heterocycles. The van der Waals surface area contributed by atoms with Crippen molar-refractivity contribution in [1.82, 2.24) is 14.9 Å². The molecule has 0 fully saturated rings. The smallest absolute Gasteiger partial charge is 0.268 e. The summed E-state index contributed by atoms with van der Waals surface area (Å²) in [6.45, 7) is 3.72. The van der Waals surface area contributed by atoms with Crippen molar-refractivity contribution >= 4 is 39.5 Å². The van der Waals surface area contributed by atoms with Gasteiger partial charge in [-0.3, -0.25) is 4.79 Å². The van der Waals surface area contributed by atoms with Gasteiger partial charge in [0, 0.05) is 37.5 Å². The second kappa shape index (κ2) is 8.83. The number of aromatic nitrogens is 2. The molecule has 31 heavy (non-hydrogen) atoms. The Labute approximate surface area is 184 Å². The Kier molecular flexibility index (Phi) is 6.37. The molecule has 6 N–H and O–H groups in total. The summed E-state index contributed by atoms with van der Waals surface area (Å²) in [6, 6.07) is 7.43. The molecule has 162 valence electrons. The summed E-state index contributed by atoms with van der Waals surface area (Å²) in [4.78, 5) is 17.5. The number of carbonyl (C=O) groups excluding carboxylic acids is 1. The van der Waals surface area contributed by atoms with Crippen molar-refractivity contribution < 1.29 is 9.90 Å². The average molecular weight is 439 g/mol. The Balaban J connectivity index is 1.84. The molecule has 8 nitrogen and oxygen atoms in total. The first-order chi connectivity index (χ1) is 14.7. The van der Waals surface area contributed by atoms with Crippen LogP contribution >= 0.6 is 11.3 Å². The zero-order valence-corrected chi connectivity index (χ0v) is 18.5. The second-order valence-corrected chi connectivity index (χ2v) is 8.81. The number of carbonyl (C=O) groups is 1. The Morgan fingerprint density at radius 3 is 2.81 bits per heavy atom. The highest BCUT2D eigenvalue weighted by atomic mass is 32.1. The highest BCUT2D eigenvalue weighted by Crippen LogP contribution is 2.30. The van der Waals surface area contributed by atoms with E-state index in [4.69, 9.17) is 16.6 Å². The number of benzene rings is 1. The molecule has 2 heterocycles. The Morgan fingerprint density at radius 1 is 1.42 bits per heavy atom. The molecule has 0 atom stereocenters. The van der Waals surface area contributed by atoms with E-state index in [1.54, 1.807) is 25.5 Å². The van der Waals surface area contributed by atoms with Crippen molar-refractivity contribution in [3.63, 3.8) is 0 Å². The van der Waals surface area contributed by atoms with Crippen LogP contribution in [0.1, 0.15) is 46.0 Å². The first-order valence-electron chi connectivity index (χ1n) is 9.70. The summed E-state index contributed by atoms with van der Waals surface area (Å²) in [6.07, 6.45) is 4.33. The molecule has 0 saturated carbocycles. The number of aryl methyl sites for hydroxylation is 1. The average Bonchev–Trinajstić information content (AvgIpc) is 3.23. The van der Waals surface area contributed by atoms with Gasteiger partial charge in [0.15, 0.2) is 5.65 Å². The first kappa shape index (κ1) is 22.4. The maximum absolute atomic E-state index is 13.0. The molecule has 0 radical (unpaired) electrons. The molecular weight excluding hydrogens is 412 g/mol. The topological polar surface area (TPSA) is 141 Å². The number of rotatable bonds is 8. The third-order valence-electron chi connectivity index (χ3n) is 4.89. The number of fused-ring (bicyclic) bond motifs is 1. The molecule has 0 bridgehead atoms. The van der Waals surface area contributed by atoms with Gasteiger partial charge < -0.3 is 31.5 Å². The number of hydrogen-bond donors (Lipinski definition) is 5. The molecule has 0 aliphatic rings. The fraction of sp³-hybridized carbons (Fsp3) is 0.273. The number of nitrogens with two attached hydrogens (primary N) is 1. The summed E-state index contributed by atoms with van der Waals surface area (Å²) >= 11 is 1.37. The molecule has 1 amide bonds. The summed E-state index contributed by atoms with van der Waals surface area (Å²) < 4.78 is 2.42. The van der Waals surface area contributed by atoms with Crippen molar-refractivity contribution in [3.05, 3.63) is 63.9 Å². The Bertz CT molecular complexity index is 1180. The molecule has 3 aromatic rings. The lowest BCUT2D eigenvalue weighted by Gasteiger charge is -2.18. The van der Waals surface area contributed by atoms with E-state index in [1.165, 1.54) is 29.8 Å². The van der Waals surface area contributed by atoms with Crippen LogP contribution in [0.15, 0.2) is 36.5 Å². The number of aliphatic hydroxyl groups is 1. The maximum atomic E-state index is 13.0. The zero-order valence-electron chi connectivity index (χ0n) is 17.7. The van der Waals surface area contributed by atoms with Crippen LogP contribution in [0.5, 0.6) is 0 Å². The zero-order chi connectivity index (χ0) is 22.8. The van der Waals surface area contributed by atoms with Gasteiger partial charge in [0.2, 0.25) is 0 Å². The lowest BCUT2D eigenvalue weighted by molar-refractivity contribution is 0.0785. The monoisotopic (exact) mass is 438 g/mol. The van der Waals surface area contributed by atoms with Crippen molar-refractivity contribution in [2.75, 3.05) is 0 Å². The molecule has 9 heteroatoms. The van der Waals surface area contributed by atoms with Gasteiger partial charge >= 0.3 is 0 Å². The SMILES string of the molecule is Cn1c(C(=O)NCc2cccc(C(C)(C)O)c2)c(C=N)c2sc(CC(=N)/C=C\N)nc21. The first-order valence-corrected chi connectivity index (χ1v) is 10.5. The van der Waals surface area contributed by atoms with E-state index in [0.29, 0.717) is 35.6 Å². The molecule has 1 aromatic carbocycles. The summed E-state index contributed by atoms with van der Waals surface area (Å²) in [5, 5.41) is 29.5. The van der Waals surface area contributed by atoms with Gasteiger partial charge in [-0.25, -0.2) is 4.98 Å². The van der Waals surface area contributed by atoms with Crippen LogP contribution in [0.4, 0.5) is 0 Å². The number of nitrogens with one attached hydrogen (secondary N) is 3. The molecule has 0 unspecified atom stereocenters. The van der Waals surface area contributed by atoms with Crippen LogP contribution in [-0.2, 0) is 25.6 Å². The van der Waals surface area contributed by atoms with Gasteiger partial charge in [-0.05, 0) is 37.3 Å². The maximum Gasteiger partial charge on any atom is 0.268 e. The van der Waals surface area contributed by atoms with Crippen molar-refractivity contribution in [3.8, 4) is 0 Å². The molecular formula is C22H26N6O2S. The standard InChI is InChI=1S/C22H26N6O2S/c1-22(2,30)14-6-4-5-13(9-14)12-26-21(29)18-16(11-24)19-20(28(18)3)27-17(31-19)10-15(25)7-8-23/h4-9,11,24-25,30H,10,12,23H2,1-3H3,(H,26,29)/b8-7-,24-11?,25-15?. The van der Waals surface area contributed by atoms with E-state index in [1.807, 2.05) is 24.3 Å². The quantitative estimate of drug-likeness (QED) is 0.345. The van der Waals surface area contributed by atoms with Crippen LogP contribution < -0.4 is 11.1 Å². The van der Waals surface area contributed by atoms with Gasteiger partial charge in [-0.2, -0.15) is 0 Å². The van der Waals surface area contributed by atoms with Crippen LogP contribution in [-0.4, -0.2) is 32.5 Å². The van der Waals surface area contributed by atoms with Gasteiger partial charge in [0.25, 0.3) is 5.91 Å². The Hall–Kier alpha value is -3.30. The van der Waals surface area contributed by atoms with Gasteiger partial charge in [0.1, 0.15) is 10.7 Å². The largest absolute Gasteiger partial charge is 0.405 e. The molecule has 0 saturated heterocycles. The van der Waals surface area contributed by atoms with Crippen LogP contribution in [0, 0.1) is 10.8 Å². The molecule has 3 rings (SSSR count). The van der Waals surface area contributed by atoms with Crippen LogP contribution in [0.3, 0.4) is 0 Å². The lowest BCUT2D eigenvalue weighted by atomic mass is 9.96. The second-order valence-electron chi connectivity index (χ2n) is 7.73. The van der Waals surface area contributed by atoms with E-state index in [2.05, 4.69) is 10.3 Å². The predicted octanol–water partition coefficient (Wildman–Crippen LogP) is 2.82. The van der Waals surface area contributed by atoms with Crippen molar-refractivity contribution in [2.45, 2.75) is 32.4 Å². The highest BCUT2D eigenvalue weighted by Gasteiger charge is 2.23. The van der Waals surface area contributed by atoms with E-state index >= 15 is 0 Å². The fourth-order valence-corrected chi connectivity index (χ4v) is 4.44. The summed E-state index contributed by atoms with van der Waals surface area (Å²) in [5.41, 5.74) is 7.82. The normalized spacial score (nSPS) is 11.9. The molecule has 0 aliphatic carbocycles. The molecule has 0 aliphatic heterocycles. The van der Waals surface area contributed by atoms with Crippen LogP contribution in [0.25, 0.3) is 10.3 Å². The number of hydrogen-bond acceptors (Lipinski definition) is 7. The number of thiazole rings is 1. The van der Waals surface area contributed by atoms with Gasteiger partial charge in [0.05, 0.1) is 10.3 Å². The van der Waals surface area contributed by atoms with E-state index < -0.39 is 5.60 Å². The summed E-state index contributed by atoms with van der Waals surface area (Å²) in [7, 11) is 1.74. The minimum absolute atomic E-state index is 0.292. The van der Waals surface area contributed by atoms with E-state index in [9.17, 15) is 9.90 Å². The summed E-state index contributed by atoms with van der Waals surface area (Å²) in [5.74, 6) is -0.305. The Morgan fingerprint density at radius 2 is 2.16 bits per heavy atom. The van der Waals surface area contributed by atoms with Crippen LogP contribution in [0.2, 0.25) is 0 Å². The predicted molar refractivity (Wildman–Crippen MR) is 124 cm³/mol. The third-order valence-corrected chi connectivity index (χ3v) is 5.97. The fourth-order valence-electron chi connectivity index (χ4n) is 3.30. The number of amides is 1. The highest BCUT2D eigenvalue weighted by molar-refractivity contribution is 7.19. The minimum atomic E-state index is -0.963. The number of nitrogens with zero attached hydrogens (tertiary/aromatic N) is 2. The minimum Gasteiger partial charge on any atom is -0.405 e.